The van der Waals surface area contributed by atoms with Crippen LogP contribution in [-0.4, -0.2) is 5.91 Å². The van der Waals surface area contributed by atoms with Gasteiger partial charge in [-0.2, -0.15) is 0 Å². The van der Waals surface area contributed by atoms with E-state index in [1.807, 2.05) is 48.2 Å². The molecule has 0 aromatic heterocycles. The molecule has 2 aromatic rings. The molecule has 1 heterocycles. The number of para-hydroxylation sites is 1. The zero-order valence-electron chi connectivity index (χ0n) is 11.0. The summed E-state index contributed by atoms with van der Waals surface area (Å²) in [5.74, 6) is 0.293. The van der Waals surface area contributed by atoms with Crippen LogP contribution in [0.25, 0.3) is 0 Å². The van der Waals surface area contributed by atoms with E-state index in [1.165, 1.54) is 11.1 Å². The Bertz CT molecular complexity index is 591. The van der Waals surface area contributed by atoms with Crippen molar-refractivity contribution in [1.82, 2.24) is 0 Å². The van der Waals surface area contributed by atoms with Crippen LogP contribution in [-0.2, 0) is 17.8 Å². The Labute approximate surface area is 113 Å². The van der Waals surface area contributed by atoms with Gasteiger partial charge in [0.1, 0.15) is 0 Å². The van der Waals surface area contributed by atoms with E-state index in [-0.39, 0.29) is 11.8 Å². The Balaban J connectivity index is 1.97. The molecule has 1 atom stereocenters. The molecule has 1 amide bonds. The molecule has 0 saturated carbocycles. The molecule has 0 radical (unpaired) electrons. The maximum absolute atomic E-state index is 12.4. The van der Waals surface area contributed by atoms with Crippen LogP contribution in [0.1, 0.15) is 18.1 Å². The van der Waals surface area contributed by atoms with Gasteiger partial charge in [0.05, 0.1) is 6.54 Å². The number of carbonyl (C=O) groups is 1. The number of amides is 1. The van der Waals surface area contributed by atoms with Crippen LogP contribution in [0, 0.1) is 5.92 Å². The first-order chi connectivity index (χ1) is 9.25. The molecule has 2 heteroatoms. The number of hydrogen-bond acceptors (Lipinski definition) is 1. The van der Waals surface area contributed by atoms with E-state index in [2.05, 4.69) is 18.2 Å². The highest BCUT2D eigenvalue weighted by Gasteiger charge is 2.29. The molecular weight excluding hydrogens is 234 g/mol. The predicted molar refractivity (Wildman–Crippen MR) is 76.9 cm³/mol. The van der Waals surface area contributed by atoms with Crippen molar-refractivity contribution in [2.75, 3.05) is 4.90 Å². The third-order valence-electron chi connectivity index (χ3n) is 3.68. The van der Waals surface area contributed by atoms with Crippen molar-refractivity contribution in [3.8, 4) is 0 Å². The van der Waals surface area contributed by atoms with Gasteiger partial charge in [0.2, 0.25) is 5.91 Å². The SMILES string of the molecule is C[C@H]1Cc2ccccc2N(Cc2ccccc2)C1=O. The van der Waals surface area contributed by atoms with Crippen LogP contribution in [0.5, 0.6) is 0 Å². The van der Waals surface area contributed by atoms with Gasteiger partial charge in [-0.15, -0.1) is 0 Å². The van der Waals surface area contributed by atoms with Gasteiger partial charge in [0.25, 0.3) is 0 Å². The molecule has 3 rings (SSSR count). The van der Waals surface area contributed by atoms with Crippen molar-refractivity contribution in [1.29, 1.82) is 0 Å². The lowest BCUT2D eigenvalue weighted by Crippen LogP contribution is -2.39. The highest BCUT2D eigenvalue weighted by molar-refractivity contribution is 5.97. The number of fused-ring (bicyclic) bond motifs is 1. The van der Waals surface area contributed by atoms with Gasteiger partial charge >= 0.3 is 0 Å². The zero-order chi connectivity index (χ0) is 13.2. The summed E-state index contributed by atoms with van der Waals surface area (Å²) in [6, 6.07) is 18.4. The number of anilines is 1. The third-order valence-corrected chi connectivity index (χ3v) is 3.68. The first-order valence-electron chi connectivity index (χ1n) is 6.69. The van der Waals surface area contributed by atoms with Gasteiger partial charge in [-0.25, -0.2) is 0 Å². The van der Waals surface area contributed by atoms with Crippen LogP contribution in [0.4, 0.5) is 5.69 Å². The molecule has 0 N–H and O–H groups in total. The number of carbonyl (C=O) groups excluding carboxylic acids is 1. The summed E-state index contributed by atoms with van der Waals surface area (Å²) in [5, 5.41) is 0. The summed E-state index contributed by atoms with van der Waals surface area (Å²) in [5.41, 5.74) is 3.50. The van der Waals surface area contributed by atoms with E-state index in [1.54, 1.807) is 0 Å². The van der Waals surface area contributed by atoms with Crippen molar-refractivity contribution in [3.63, 3.8) is 0 Å². The lowest BCUT2D eigenvalue weighted by molar-refractivity contribution is -0.122. The summed E-state index contributed by atoms with van der Waals surface area (Å²) in [4.78, 5) is 14.3. The Hall–Kier alpha value is -2.09. The quantitative estimate of drug-likeness (QED) is 0.801. The van der Waals surface area contributed by atoms with Gasteiger partial charge in [0.15, 0.2) is 0 Å². The van der Waals surface area contributed by atoms with Crippen molar-refractivity contribution in [3.05, 3.63) is 65.7 Å². The average Bonchev–Trinajstić information content (AvgIpc) is 2.45. The molecule has 0 unspecified atom stereocenters. The first kappa shape index (κ1) is 12.0. The second kappa shape index (κ2) is 4.88. The average molecular weight is 251 g/mol. The highest BCUT2D eigenvalue weighted by atomic mass is 16.2. The number of benzene rings is 2. The minimum absolute atomic E-state index is 0.0682. The minimum atomic E-state index is 0.0682. The van der Waals surface area contributed by atoms with E-state index in [0.29, 0.717) is 6.54 Å². The Kier molecular flexibility index (Phi) is 3.08. The second-order valence-corrected chi connectivity index (χ2v) is 5.14. The van der Waals surface area contributed by atoms with Gasteiger partial charge in [-0.1, -0.05) is 55.5 Å². The molecule has 1 aliphatic rings. The molecule has 19 heavy (non-hydrogen) atoms. The standard InChI is InChI=1S/C17H17NO/c1-13-11-15-9-5-6-10-16(15)18(17(13)19)12-14-7-3-2-4-8-14/h2-10,13H,11-12H2,1H3/t13-/m0/s1. The normalized spacial score (nSPS) is 18.3. The monoisotopic (exact) mass is 251 g/mol. The number of hydrogen-bond donors (Lipinski definition) is 0. The van der Waals surface area contributed by atoms with E-state index in [9.17, 15) is 4.79 Å². The topological polar surface area (TPSA) is 20.3 Å². The Morgan fingerprint density at radius 3 is 2.53 bits per heavy atom. The first-order valence-corrected chi connectivity index (χ1v) is 6.69. The third kappa shape index (κ3) is 2.26. The molecule has 0 fully saturated rings. The van der Waals surface area contributed by atoms with E-state index in [0.717, 1.165) is 12.1 Å². The van der Waals surface area contributed by atoms with Crippen molar-refractivity contribution >= 4 is 11.6 Å². The van der Waals surface area contributed by atoms with Crippen molar-refractivity contribution < 1.29 is 4.79 Å². The maximum atomic E-state index is 12.4. The van der Waals surface area contributed by atoms with Crippen LogP contribution >= 0.6 is 0 Å². The zero-order valence-corrected chi connectivity index (χ0v) is 11.0. The fourth-order valence-corrected chi connectivity index (χ4v) is 2.68. The van der Waals surface area contributed by atoms with Crippen LogP contribution in [0.2, 0.25) is 0 Å². The smallest absolute Gasteiger partial charge is 0.230 e. The summed E-state index contributed by atoms with van der Waals surface area (Å²) < 4.78 is 0. The lowest BCUT2D eigenvalue weighted by Gasteiger charge is -2.33. The van der Waals surface area contributed by atoms with Gasteiger partial charge in [0, 0.05) is 11.6 Å². The Morgan fingerprint density at radius 1 is 1.05 bits per heavy atom. The van der Waals surface area contributed by atoms with E-state index >= 15 is 0 Å². The maximum Gasteiger partial charge on any atom is 0.230 e. The van der Waals surface area contributed by atoms with Gasteiger partial charge in [-0.3, -0.25) is 4.79 Å². The fourth-order valence-electron chi connectivity index (χ4n) is 2.68. The van der Waals surface area contributed by atoms with E-state index < -0.39 is 0 Å². The summed E-state index contributed by atoms with van der Waals surface area (Å²) in [6.07, 6.45) is 0.848. The molecule has 0 saturated heterocycles. The minimum Gasteiger partial charge on any atom is -0.307 e. The number of nitrogens with zero attached hydrogens (tertiary/aromatic N) is 1. The summed E-state index contributed by atoms with van der Waals surface area (Å²) in [6.45, 7) is 2.66. The van der Waals surface area contributed by atoms with Gasteiger partial charge < -0.3 is 4.90 Å². The molecule has 96 valence electrons. The van der Waals surface area contributed by atoms with Crippen molar-refractivity contribution in [2.24, 2.45) is 5.92 Å². The molecule has 2 aromatic carbocycles. The highest BCUT2D eigenvalue weighted by Crippen LogP contribution is 2.31. The molecule has 2 nitrogen and oxygen atoms in total. The number of rotatable bonds is 2. The lowest BCUT2D eigenvalue weighted by atomic mass is 9.93. The van der Waals surface area contributed by atoms with E-state index in [4.69, 9.17) is 0 Å². The second-order valence-electron chi connectivity index (χ2n) is 5.14. The van der Waals surface area contributed by atoms with Crippen LogP contribution in [0.15, 0.2) is 54.6 Å². The largest absolute Gasteiger partial charge is 0.307 e. The van der Waals surface area contributed by atoms with Gasteiger partial charge in [-0.05, 0) is 23.6 Å². The summed E-state index contributed by atoms with van der Waals surface area (Å²) in [7, 11) is 0. The molecule has 0 aliphatic carbocycles. The van der Waals surface area contributed by atoms with Crippen LogP contribution in [0.3, 0.4) is 0 Å². The predicted octanol–water partition coefficient (Wildman–Crippen LogP) is 3.41. The van der Waals surface area contributed by atoms with Crippen molar-refractivity contribution in [2.45, 2.75) is 19.9 Å². The molecule has 0 spiro atoms. The molecule has 0 bridgehead atoms. The Morgan fingerprint density at radius 2 is 1.74 bits per heavy atom. The fraction of sp³-hybridized carbons (Fsp3) is 0.235. The van der Waals surface area contributed by atoms with Crippen LogP contribution < -0.4 is 4.90 Å². The summed E-state index contributed by atoms with van der Waals surface area (Å²) >= 11 is 0. The molecular formula is C17H17NO. The molecule has 1 aliphatic heterocycles.